The number of hydrogen-bond donors (Lipinski definition) is 2. The number of carbonyl (C=O) groups is 1. The third-order valence-electron chi connectivity index (χ3n) is 5.78. The molecule has 4 nitrogen and oxygen atoms in total. The number of benzene rings is 2. The number of alkyl halides is 3. The lowest BCUT2D eigenvalue weighted by Gasteiger charge is -2.30. The number of nitrogens with zero attached hydrogens (tertiary/aromatic N) is 1. The first kappa shape index (κ1) is 22.0. The van der Waals surface area contributed by atoms with Gasteiger partial charge < -0.3 is 10.6 Å². The van der Waals surface area contributed by atoms with E-state index in [4.69, 9.17) is 0 Å². The summed E-state index contributed by atoms with van der Waals surface area (Å²) in [7, 11) is 0. The summed E-state index contributed by atoms with van der Waals surface area (Å²) in [5.41, 5.74) is 1.13. The molecule has 1 heterocycles. The van der Waals surface area contributed by atoms with E-state index in [0.717, 1.165) is 11.6 Å². The Morgan fingerprint density at radius 1 is 0.969 bits per heavy atom. The number of aryl methyl sites for hydroxylation is 1. The van der Waals surface area contributed by atoms with Gasteiger partial charge in [0.2, 0.25) is 0 Å². The number of nitrogens with one attached hydrogen (secondary N) is 2. The number of pyridine rings is 1. The zero-order valence-corrected chi connectivity index (χ0v) is 17.5. The van der Waals surface area contributed by atoms with Crippen molar-refractivity contribution in [3.63, 3.8) is 0 Å². The third-order valence-corrected chi connectivity index (χ3v) is 5.78. The van der Waals surface area contributed by atoms with Crippen molar-refractivity contribution < 1.29 is 22.4 Å². The lowest BCUT2D eigenvalue weighted by Crippen LogP contribution is -2.40. The Kier molecular flexibility index (Phi) is 6.04. The van der Waals surface area contributed by atoms with E-state index >= 15 is 0 Å². The second kappa shape index (κ2) is 8.76. The molecule has 1 aliphatic carbocycles. The van der Waals surface area contributed by atoms with E-state index in [-0.39, 0.29) is 18.0 Å². The molecule has 1 fully saturated rings. The van der Waals surface area contributed by atoms with Gasteiger partial charge >= 0.3 is 6.18 Å². The van der Waals surface area contributed by atoms with Crippen molar-refractivity contribution in [1.82, 2.24) is 10.3 Å². The number of anilines is 1. The Labute approximate surface area is 183 Å². The van der Waals surface area contributed by atoms with E-state index in [1.165, 1.54) is 24.3 Å². The van der Waals surface area contributed by atoms with Crippen LogP contribution < -0.4 is 10.6 Å². The van der Waals surface area contributed by atoms with E-state index in [1.807, 2.05) is 13.0 Å². The molecule has 0 atom stereocenters. The van der Waals surface area contributed by atoms with Gasteiger partial charge in [-0.15, -0.1) is 0 Å². The summed E-state index contributed by atoms with van der Waals surface area (Å²) >= 11 is 0. The molecule has 0 saturated heterocycles. The minimum absolute atomic E-state index is 0.0128. The van der Waals surface area contributed by atoms with Crippen LogP contribution in [0.2, 0.25) is 0 Å². The quantitative estimate of drug-likeness (QED) is 0.495. The molecule has 1 aromatic heterocycles. The fourth-order valence-corrected chi connectivity index (χ4v) is 4.08. The maximum Gasteiger partial charge on any atom is 0.433 e. The topological polar surface area (TPSA) is 54.0 Å². The van der Waals surface area contributed by atoms with Crippen LogP contribution in [0.3, 0.4) is 0 Å². The lowest BCUT2D eigenvalue weighted by atomic mass is 9.90. The van der Waals surface area contributed by atoms with Gasteiger partial charge in [-0.2, -0.15) is 13.2 Å². The third kappa shape index (κ3) is 5.00. The maximum atomic E-state index is 13.3. The van der Waals surface area contributed by atoms with Crippen LogP contribution in [0.4, 0.5) is 23.2 Å². The van der Waals surface area contributed by atoms with Gasteiger partial charge in [-0.3, -0.25) is 4.79 Å². The summed E-state index contributed by atoms with van der Waals surface area (Å²) in [4.78, 5) is 16.1. The van der Waals surface area contributed by atoms with Crippen LogP contribution in [-0.4, -0.2) is 23.0 Å². The molecule has 168 valence electrons. The average molecular weight is 445 g/mol. The normalized spacial score (nSPS) is 19.0. The average Bonchev–Trinajstić information content (AvgIpc) is 2.75. The monoisotopic (exact) mass is 445 g/mol. The standard InChI is InChI=1S/C24H23F4N3O/c1-14-2-11-20-19(12-14)21(13-22(31-20)24(26,27)28)29-17-7-9-18(10-8-17)30-23(32)15-3-5-16(25)6-4-15/h2-6,11-13,17-18H,7-10H2,1H3,(H,29,31)(H,30,32). The number of carbonyl (C=O) groups excluding carboxylic acids is 1. The van der Waals surface area contributed by atoms with Crippen molar-refractivity contribution in [3.8, 4) is 0 Å². The maximum absolute atomic E-state index is 13.3. The Morgan fingerprint density at radius 2 is 1.62 bits per heavy atom. The Bertz CT molecular complexity index is 1120. The van der Waals surface area contributed by atoms with Crippen LogP contribution in [0.25, 0.3) is 10.9 Å². The van der Waals surface area contributed by atoms with Crippen LogP contribution in [-0.2, 0) is 6.18 Å². The summed E-state index contributed by atoms with van der Waals surface area (Å²) in [6.07, 6.45) is -1.74. The van der Waals surface area contributed by atoms with Crippen LogP contribution >= 0.6 is 0 Å². The molecule has 32 heavy (non-hydrogen) atoms. The van der Waals surface area contributed by atoms with Gasteiger partial charge in [0.1, 0.15) is 11.5 Å². The lowest BCUT2D eigenvalue weighted by molar-refractivity contribution is -0.140. The fourth-order valence-electron chi connectivity index (χ4n) is 4.08. The SMILES string of the molecule is Cc1ccc2nc(C(F)(F)F)cc(NC3CCC(NC(=O)c4ccc(F)cc4)CC3)c2c1. The van der Waals surface area contributed by atoms with Crippen LogP contribution in [0.5, 0.6) is 0 Å². The van der Waals surface area contributed by atoms with E-state index in [1.54, 1.807) is 12.1 Å². The molecule has 0 unspecified atom stereocenters. The minimum Gasteiger partial charge on any atom is -0.382 e. The predicted octanol–water partition coefficient (Wildman–Crippen LogP) is 5.85. The largest absolute Gasteiger partial charge is 0.433 e. The molecule has 0 spiro atoms. The summed E-state index contributed by atoms with van der Waals surface area (Å²) in [5, 5.41) is 6.90. The van der Waals surface area contributed by atoms with Crippen molar-refractivity contribution >= 4 is 22.5 Å². The zero-order chi connectivity index (χ0) is 22.9. The summed E-state index contributed by atoms with van der Waals surface area (Å²) < 4.78 is 53.0. The highest BCUT2D eigenvalue weighted by atomic mass is 19.4. The highest BCUT2D eigenvalue weighted by molar-refractivity contribution is 5.94. The van der Waals surface area contributed by atoms with E-state index < -0.39 is 17.7 Å². The number of fused-ring (bicyclic) bond motifs is 1. The van der Waals surface area contributed by atoms with Crippen molar-refractivity contribution in [3.05, 3.63) is 71.2 Å². The van der Waals surface area contributed by atoms with Crippen LogP contribution in [0, 0.1) is 12.7 Å². The molecular formula is C24H23F4N3O. The molecule has 0 aliphatic heterocycles. The van der Waals surface area contributed by atoms with Gasteiger partial charge in [0.15, 0.2) is 0 Å². The molecule has 2 N–H and O–H groups in total. The first-order valence-corrected chi connectivity index (χ1v) is 10.5. The molecule has 8 heteroatoms. The molecule has 1 saturated carbocycles. The minimum atomic E-state index is -4.53. The van der Waals surface area contributed by atoms with E-state index in [2.05, 4.69) is 15.6 Å². The predicted molar refractivity (Wildman–Crippen MR) is 115 cm³/mol. The number of aromatic nitrogens is 1. The van der Waals surface area contributed by atoms with Gasteiger partial charge in [-0.05, 0) is 75.1 Å². The molecular weight excluding hydrogens is 422 g/mol. The number of halogens is 4. The van der Waals surface area contributed by atoms with Crippen molar-refractivity contribution in [1.29, 1.82) is 0 Å². The van der Waals surface area contributed by atoms with Gasteiger partial charge in [0, 0.05) is 28.7 Å². The second-order valence-electron chi connectivity index (χ2n) is 8.25. The first-order chi connectivity index (χ1) is 15.2. The van der Waals surface area contributed by atoms with Crippen LogP contribution in [0.15, 0.2) is 48.5 Å². The summed E-state index contributed by atoms with van der Waals surface area (Å²) in [6.45, 7) is 1.88. The second-order valence-corrected chi connectivity index (χ2v) is 8.25. The number of amides is 1. The fraction of sp³-hybridized carbons (Fsp3) is 0.333. The smallest absolute Gasteiger partial charge is 0.382 e. The molecule has 3 aromatic rings. The van der Waals surface area contributed by atoms with Gasteiger partial charge in [-0.1, -0.05) is 11.6 Å². The Morgan fingerprint density at radius 3 is 2.28 bits per heavy atom. The van der Waals surface area contributed by atoms with Crippen molar-refractivity contribution in [2.75, 3.05) is 5.32 Å². The summed E-state index contributed by atoms with van der Waals surface area (Å²) in [5.74, 6) is -0.660. The molecule has 1 amide bonds. The number of rotatable bonds is 4. The molecule has 1 aliphatic rings. The number of hydrogen-bond acceptors (Lipinski definition) is 3. The van der Waals surface area contributed by atoms with Gasteiger partial charge in [0.25, 0.3) is 5.91 Å². The Hall–Kier alpha value is -3.16. The molecule has 4 rings (SSSR count). The van der Waals surface area contributed by atoms with Gasteiger partial charge in [0.05, 0.1) is 5.52 Å². The first-order valence-electron chi connectivity index (χ1n) is 10.5. The van der Waals surface area contributed by atoms with E-state index in [9.17, 15) is 22.4 Å². The van der Waals surface area contributed by atoms with Crippen LogP contribution in [0.1, 0.15) is 47.3 Å². The highest BCUT2D eigenvalue weighted by Crippen LogP contribution is 2.34. The highest BCUT2D eigenvalue weighted by Gasteiger charge is 2.34. The zero-order valence-electron chi connectivity index (χ0n) is 17.5. The molecule has 0 bridgehead atoms. The molecule has 2 aromatic carbocycles. The summed E-state index contributed by atoms with van der Waals surface area (Å²) in [6, 6.07) is 11.6. The van der Waals surface area contributed by atoms with Gasteiger partial charge in [-0.25, -0.2) is 9.37 Å². The Balaban J connectivity index is 1.44. The van der Waals surface area contributed by atoms with Crippen molar-refractivity contribution in [2.24, 2.45) is 0 Å². The van der Waals surface area contributed by atoms with Crippen molar-refractivity contribution in [2.45, 2.75) is 50.9 Å². The molecule has 0 radical (unpaired) electrons. The van der Waals surface area contributed by atoms with E-state index in [0.29, 0.717) is 47.8 Å².